The molecule has 3 heterocycles. The number of nitrogens with zero attached hydrogens (tertiary/aromatic N) is 3. The summed E-state index contributed by atoms with van der Waals surface area (Å²) in [6, 6.07) is 10.5. The third-order valence-electron chi connectivity index (χ3n) is 5.92. The highest BCUT2D eigenvalue weighted by molar-refractivity contribution is 5.89. The Morgan fingerprint density at radius 1 is 1.07 bits per heavy atom. The molecule has 3 aliphatic heterocycles. The van der Waals surface area contributed by atoms with Gasteiger partial charge in [0.05, 0.1) is 5.92 Å². The van der Waals surface area contributed by atoms with Crippen LogP contribution in [0.15, 0.2) is 30.3 Å². The predicted molar refractivity (Wildman–Crippen MR) is 107 cm³/mol. The molecule has 4 rings (SSSR count). The molecule has 3 saturated heterocycles. The minimum Gasteiger partial charge on any atom is -0.341 e. The van der Waals surface area contributed by atoms with Crippen LogP contribution in [0.25, 0.3) is 0 Å². The second kappa shape index (κ2) is 9.04. The lowest BCUT2D eigenvalue weighted by Gasteiger charge is -2.32. The Kier molecular flexibility index (Phi) is 6.73. The van der Waals surface area contributed by atoms with Gasteiger partial charge in [0.15, 0.2) is 0 Å². The molecule has 0 aliphatic carbocycles. The van der Waals surface area contributed by atoms with Crippen molar-refractivity contribution in [2.75, 3.05) is 45.8 Å². The van der Waals surface area contributed by atoms with E-state index in [0.29, 0.717) is 25.6 Å². The van der Waals surface area contributed by atoms with Crippen LogP contribution in [-0.2, 0) is 16.1 Å². The summed E-state index contributed by atoms with van der Waals surface area (Å²) >= 11 is 0. The van der Waals surface area contributed by atoms with Gasteiger partial charge >= 0.3 is 0 Å². The monoisotopic (exact) mass is 392 g/mol. The zero-order chi connectivity index (χ0) is 17.9. The Morgan fingerprint density at radius 3 is 2.56 bits per heavy atom. The number of nitrogens with one attached hydrogen (secondary N) is 1. The lowest BCUT2D eigenvalue weighted by Crippen LogP contribution is -2.49. The first kappa shape index (κ1) is 20.1. The lowest BCUT2D eigenvalue weighted by atomic mass is 10.1. The van der Waals surface area contributed by atoms with Gasteiger partial charge in [0, 0.05) is 64.8 Å². The van der Waals surface area contributed by atoms with E-state index in [1.54, 1.807) is 0 Å². The molecule has 1 aromatic rings. The largest absolute Gasteiger partial charge is 0.341 e. The highest BCUT2D eigenvalue weighted by atomic mass is 35.5. The molecule has 0 bridgehead atoms. The molecule has 6 nitrogen and oxygen atoms in total. The molecule has 0 spiro atoms. The standard InChI is InChI=1S/C20H28N4O2.ClH/c25-19-12-17(14-24(19)13-16-4-2-1-3-5-16)20(26)23-9-6-18(15-23)22-10-7-21-8-11-22;/h1-5,17-18,21H,6-15H2;1H. The van der Waals surface area contributed by atoms with Crippen molar-refractivity contribution in [3.05, 3.63) is 35.9 Å². The van der Waals surface area contributed by atoms with Crippen molar-refractivity contribution in [1.82, 2.24) is 20.0 Å². The van der Waals surface area contributed by atoms with Crippen molar-refractivity contribution in [3.63, 3.8) is 0 Å². The van der Waals surface area contributed by atoms with E-state index in [-0.39, 0.29) is 30.1 Å². The van der Waals surface area contributed by atoms with Crippen molar-refractivity contribution in [2.24, 2.45) is 5.92 Å². The summed E-state index contributed by atoms with van der Waals surface area (Å²) in [4.78, 5) is 31.6. The smallest absolute Gasteiger partial charge is 0.228 e. The van der Waals surface area contributed by atoms with Gasteiger partial charge in [-0.05, 0) is 12.0 Å². The topological polar surface area (TPSA) is 55.9 Å². The minimum absolute atomic E-state index is 0. The summed E-state index contributed by atoms with van der Waals surface area (Å²) in [5.41, 5.74) is 1.12. The first-order valence-corrected chi connectivity index (χ1v) is 9.76. The van der Waals surface area contributed by atoms with E-state index in [9.17, 15) is 9.59 Å². The van der Waals surface area contributed by atoms with Crippen LogP contribution in [0.3, 0.4) is 0 Å². The number of benzene rings is 1. The van der Waals surface area contributed by atoms with Gasteiger partial charge in [-0.15, -0.1) is 12.4 Å². The van der Waals surface area contributed by atoms with Crippen molar-refractivity contribution in [2.45, 2.75) is 25.4 Å². The summed E-state index contributed by atoms with van der Waals surface area (Å²) in [6.45, 7) is 7.03. The number of piperazine rings is 1. The Labute approximate surface area is 167 Å². The summed E-state index contributed by atoms with van der Waals surface area (Å²) < 4.78 is 0. The summed E-state index contributed by atoms with van der Waals surface area (Å²) in [5.74, 6) is 0.101. The Balaban J connectivity index is 0.00000210. The van der Waals surface area contributed by atoms with E-state index in [1.165, 1.54) is 0 Å². The summed E-state index contributed by atoms with van der Waals surface area (Å²) in [6.07, 6.45) is 1.42. The zero-order valence-corrected chi connectivity index (χ0v) is 16.5. The molecule has 3 aliphatic rings. The molecule has 7 heteroatoms. The molecule has 27 heavy (non-hydrogen) atoms. The molecule has 2 atom stereocenters. The van der Waals surface area contributed by atoms with Crippen LogP contribution >= 0.6 is 12.4 Å². The van der Waals surface area contributed by atoms with Crippen LogP contribution in [0.5, 0.6) is 0 Å². The van der Waals surface area contributed by atoms with Crippen molar-refractivity contribution >= 4 is 24.2 Å². The van der Waals surface area contributed by atoms with E-state index in [1.807, 2.05) is 40.1 Å². The van der Waals surface area contributed by atoms with Crippen molar-refractivity contribution < 1.29 is 9.59 Å². The van der Waals surface area contributed by atoms with Crippen LogP contribution in [0, 0.1) is 5.92 Å². The molecule has 0 saturated carbocycles. The van der Waals surface area contributed by atoms with Crippen LogP contribution < -0.4 is 5.32 Å². The molecular weight excluding hydrogens is 364 g/mol. The van der Waals surface area contributed by atoms with Crippen molar-refractivity contribution in [1.29, 1.82) is 0 Å². The second-order valence-corrected chi connectivity index (χ2v) is 7.67. The number of carbonyl (C=O) groups excluding carboxylic acids is 2. The number of amides is 2. The van der Waals surface area contributed by atoms with E-state index >= 15 is 0 Å². The van der Waals surface area contributed by atoms with E-state index in [4.69, 9.17) is 0 Å². The molecule has 2 amide bonds. The number of rotatable bonds is 4. The van der Waals surface area contributed by atoms with Crippen LogP contribution in [0.1, 0.15) is 18.4 Å². The van der Waals surface area contributed by atoms with Gasteiger partial charge in [-0.1, -0.05) is 30.3 Å². The van der Waals surface area contributed by atoms with Crippen molar-refractivity contribution in [3.8, 4) is 0 Å². The fraction of sp³-hybridized carbons (Fsp3) is 0.600. The lowest BCUT2D eigenvalue weighted by molar-refractivity contribution is -0.135. The van der Waals surface area contributed by atoms with E-state index < -0.39 is 0 Å². The maximum atomic E-state index is 12.9. The molecule has 0 aromatic heterocycles. The SMILES string of the molecule is Cl.O=C1CC(C(=O)N2CCC(N3CCNCC3)C2)CN1Cc1ccccc1. The number of hydrogen-bond donors (Lipinski definition) is 1. The normalized spacial score (nSPS) is 26.3. The summed E-state index contributed by atoms with van der Waals surface area (Å²) in [5, 5.41) is 3.38. The molecule has 148 valence electrons. The highest BCUT2D eigenvalue weighted by Gasteiger charge is 2.39. The summed E-state index contributed by atoms with van der Waals surface area (Å²) in [7, 11) is 0. The van der Waals surface area contributed by atoms with Crippen LogP contribution in [0.2, 0.25) is 0 Å². The quantitative estimate of drug-likeness (QED) is 0.829. The third-order valence-corrected chi connectivity index (χ3v) is 5.92. The number of hydrogen-bond acceptors (Lipinski definition) is 4. The van der Waals surface area contributed by atoms with Gasteiger partial charge < -0.3 is 15.1 Å². The predicted octanol–water partition coefficient (Wildman–Crippen LogP) is 0.963. The molecule has 1 aromatic carbocycles. The van der Waals surface area contributed by atoms with Gasteiger partial charge in [0.25, 0.3) is 0 Å². The van der Waals surface area contributed by atoms with Gasteiger partial charge in [-0.3, -0.25) is 14.5 Å². The minimum atomic E-state index is -0.173. The maximum absolute atomic E-state index is 12.9. The second-order valence-electron chi connectivity index (χ2n) is 7.67. The van der Waals surface area contributed by atoms with Gasteiger partial charge in [-0.2, -0.15) is 0 Å². The van der Waals surface area contributed by atoms with Gasteiger partial charge in [0.1, 0.15) is 0 Å². The Hall–Kier alpha value is -1.63. The molecular formula is C20H29ClN4O2. The van der Waals surface area contributed by atoms with E-state index in [2.05, 4.69) is 10.2 Å². The van der Waals surface area contributed by atoms with Gasteiger partial charge in [-0.25, -0.2) is 0 Å². The average molecular weight is 393 g/mol. The molecule has 2 unspecified atom stereocenters. The number of likely N-dealkylation sites (tertiary alicyclic amines) is 2. The zero-order valence-electron chi connectivity index (χ0n) is 15.7. The van der Waals surface area contributed by atoms with Crippen LogP contribution in [0.4, 0.5) is 0 Å². The molecule has 1 N–H and O–H groups in total. The third kappa shape index (κ3) is 4.62. The molecule has 3 fully saturated rings. The number of carbonyl (C=O) groups is 2. The van der Waals surface area contributed by atoms with Gasteiger partial charge in [0.2, 0.25) is 11.8 Å². The maximum Gasteiger partial charge on any atom is 0.228 e. The first-order chi connectivity index (χ1) is 12.7. The molecule has 0 radical (unpaired) electrons. The number of halogens is 1. The Bertz CT molecular complexity index is 651. The van der Waals surface area contributed by atoms with Crippen LogP contribution in [-0.4, -0.2) is 78.4 Å². The Morgan fingerprint density at radius 2 is 1.81 bits per heavy atom. The van der Waals surface area contributed by atoms with E-state index in [0.717, 1.165) is 51.3 Å². The fourth-order valence-corrected chi connectivity index (χ4v) is 4.44. The highest BCUT2D eigenvalue weighted by Crippen LogP contribution is 2.25. The first-order valence-electron chi connectivity index (χ1n) is 9.76. The average Bonchev–Trinajstić information content (AvgIpc) is 3.31. The fourth-order valence-electron chi connectivity index (χ4n) is 4.44.